The van der Waals surface area contributed by atoms with E-state index in [1.54, 1.807) is 0 Å². The molecule has 0 fully saturated rings. The molecule has 296 valence electrons. The van der Waals surface area contributed by atoms with E-state index in [2.05, 4.69) is 235 Å². The van der Waals surface area contributed by atoms with Gasteiger partial charge in [-0.25, -0.2) is 4.98 Å². The molecule has 0 unspecified atom stereocenters. The molecule has 2 aromatic heterocycles. The largest absolute Gasteiger partial charge is 0.309 e. The summed E-state index contributed by atoms with van der Waals surface area (Å²) in [5.41, 5.74) is 21.8. The summed E-state index contributed by atoms with van der Waals surface area (Å²) < 4.78 is 2.41. The van der Waals surface area contributed by atoms with Crippen LogP contribution in [-0.2, 0) is 5.41 Å². The molecule has 0 N–H and O–H groups in total. The highest BCUT2D eigenvalue weighted by Gasteiger charge is 2.51. The van der Waals surface area contributed by atoms with Crippen molar-refractivity contribution in [3.05, 3.63) is 253 Å². The summed E-state index contributed by atoms with van der Waals surface area (Å²) in [4.78, 5) is 5.41. The maximum Gasteiger partial charge on any atom is 0.0788 e. The second-order valence-electron chi connectivity index (χ2n) is 17.4. The Kier molecular flexibility index (Phi) is 7.35. The van der Waals surface area contributed by atoms with E-state index in [1.807, 2.05) is 0 Å². The van der Waals surface area contributed by atoms with E-state index in [4.69, 9.17) is 4.98 Å². The number of hydrogen-bond donors (Lipinski definition) is 0. The highest BCUT2D eigenvalue weighted by Crippen LogP contribution is 2.63. The monoisotopic (exact) mass is 810 g/mol. The first-order valence-electron chi connectivity index (χ1n) is 22.2. The van der Waals surface area contributed by atoms with Gasteiger partial charge in [0, 0.05) is 38.2 Å². The minimum Gasteiger partial charge on any atom is -0.309 e. The Morgan fingerprint density at radius 1 is 0.312 bits per heavy atom. The summed E-state index contributed by atoms with van der Waals surface area (Å²) >= 11 is 0. The zero-order chi connectivity index (χ0) is 41.9. The molecule has 0 amide bonds. The van der Waals surface area contributed by atoms with Crippen molar-refractivity contribution in [1.29, 1.82) is 0 Å². The fourth-order valence-electron chi connectivity index (χ4n) is 11.5. The zero-order valence-electron chi connectivity index (χ0n) is 34.8. The molecule has 2 heterocycles. The summed E-state index contributed by atoms with van der Waals surface area (Å²) in [7, 11) is 0. The van der Waals surface area contributed by atoms with Gasteiger partial charge in [-0.2, -0.15) is 0 Å². The maximum absolute atomic E-state index is 5.41. The van der Waals surface area contributed by atoms with E-state index >= 15 is 0 Å². The molecule has 14 rings (SSSR count). The van der Waals surface area contributed by atoms with Crippen LogP contribution in [0.15, 0.2) is 231 Å². The van der Waals surface area contributed by atoms with Gasteiger partial charge in [-0.3, -0.25) is 0 Å². The summed E-state index contributed by atoms with van der Waals surface area (Å²) in [6.07, 6.45) is 0. The van der Waals surface area contributed by atoms with Crippen molar-refractivity contribution in [1.82, 2.24) is 9.55 Å². The lowest BCUT2D eigenvalue weighted by Gasteiger charge is -2.30. The first-order chi connectivity index (χ1) is 31.8. The Morgan fingerprint density at radius 3 is 1.52 bits per heavy atom. The number of rotatable bonds is 4. The fourth-order valence-corrected chi connectivity index (χ4v) is 11.5. The van der Waals surface area contributed by atoms with Crippen LogP contribution in [0.2, 0.25) is 0 Å². The van der Waals surface area contributed by atoms with Gasteiger partial charge in [0.15, 0.2) is 0 Å². The normalized spacial score (nSPS) is 13.1. The Hall–Kier alpha value is -8.33. The van der Waals surface area contributed by atoms with Gasteiger partial charge in [0.05, 0.1) is 27.7 Å². The SMILES string of the molecule is c1ccc(-c2nc3ccc(-c4ccc(-c5ccc6c(c5)C5(c7ccccc7-c7ccccc75)c5ccccc5-6)cc4)cc3c3c2ccc2c3c3ccccc3n2-c2ccccc2)cc1. The quantitative estimate of drug-likeness (QED) is 0.162. The van der Waals surface area contributed by atoms with Crippen LogP contribution in [0.25, 0.3) is 105 Å². The van der Waals surface area contributed by atoms with Gasteiger partial charge in [-0.15, -0.1) is 0 Å². The van der Waals surface area contributed by atoms with Gasteiger partial charge >= 0.3 is 0 Å². The summed E-state index contributed by atoms with van der Waals surface area (Å²) in [6, 6.07) is 85.0. The van der Waals surface area contributed by atoms with E-state index < -0.39 is 0 Å². The summed E-state index contributed by atoms with van der Waals surface area (Å²) in [5.74, 6) is 0. The Bertz CT molecular complexity index is 3810. The first kappa shape index (κ1) is 35.3. The van der Waals surface area contributed by atoms with E-state index in [1.165, 1.54) is 94.0 Å². The third-order valence-electron chi connectivity index (χ3n) is 14.2. The van der Waals surface area contributed by atoms with Gasteiger partial charge in [-0.1, -0.05) is 188 Å². The van der Waals surface area contributed by atoms with Crippen LogP contribution in [-0.4, -0.2) is 9.55 Å². The molecule has 0 radical (unpaired) electrons. The van der Waals surface area contributed by atoms with Gasteiger partial charge < -0.3 is 4.57 Å². The topological polar surface area (TPSA) is 17.8 Å². The molecule has 0 saturated carbocycles. The summed E-state index contributed by atoms with van der Waals surface area (Å²) in [6.45, 7) is 0. The lowest BCUT2D eigenvalue weighted by Crippen LogP contribution is -2.25. The number of fused-ring (bicyclic) bond motifs is 17. The van der Waals surface area contributed by atoms with E-state index in [-0.39, 0.29) is 5.41 Å². The van der Waals surface area contributed by atoms with Crippen molar-refractivity contribution in [2.24, 2.45) is 0 Å². The second kappa shape index (κ2) is 13.3. The molecule has 2 nitrogen and oxygen atoms in total. The molecule has 2 aliphatic rings. The van der Waals surface area contributed by atoms with Gasteiger partial charge in [0.25, 0.3) is 0 Å². The van der Waals surface area contributed by atoms with Gasteiger partial charge in [0.1, 0.15) is 0 Å². The van der Waals surface area contributed by atoms with Crippen molar-refractivity contribution < 1.29 is 0 Å². The standard InChI is InChI=1S/C62H38N2/c1-3-15-41(16-4-1)61-50-34-36-58-60(49-22-10-14-26-57(49)64(58)44-17-5-2-6-18-44)59(50)51-37-42(32-35-56(51)63-61)39-27-29-40(30-28-39)43-31-33-48-47-21-9-13-25-54(47)62(55(48)38-43)52-23-11-7-19-45(52)46-20-8-12-24-53(46)62/h1-38H. The molecule has 12 aromatic rings. The molecule has 0 saturated heterocycles. The number of nitrogens with zero attached hydrogens (tertiary/aromatic N) is 2. The third-order valence-corrected chi connectivity index (χ3v) is 14.2. The Morgan fingerprint density at radius 2 is 0.844 bits per heavy atom. The molecule has 2 aliphatic carbocycles. The number of benzene rings is 10. The molecule has 1 spiro atoms. The van der Waals surface area contributed by atoms with E-state index in [9.17, 15) is 0 Å². The van der Waals surface area contributed by atoms with Crippen molar-refractivity contribution in [3.8, 4) is 61.5 Å². The van der Waals surface area contributed by atoms with Crippen molar-refractivity contribution in [2.75, 3.05) is 0 Å². The lowest BCUT2D eigenvalue weighted by molar-refractivity contribution is 0.794. The predicted molar refractivity (Wildman–Crippen MR) is 266 cm³/mol. The highest BCUT2D eigenvalue weighted by molar-refractivity contribution is 6.29. The average molecular weight is 811 g/mol. The molecule has 0 bridgehead atoms. The summed E-state index contributed by atoms with van der Waals surface area (Å²) in [5, 5.41) is 6.01. The second-order valence-corrected chi connectivity index (χ2v) is 17.4. The number of aromatic nitrogens is 2. The van der Waals surface area contributed by atoms with E-state index in [0.29, 0.717) is 0 Å². The van der Waals surface area contributed by atoms with Crippen LogP contribution in [0.4, 0.5) is 0 Å². The van der Waals surface area contributed by atoms with E-state index in [0.717, 1.165) is 33.2 Å². The number of pyridine rings is 1. The van der Waals surface area contributed by atoms with Crippen LogP contribution in [0.1, 0.15) is 22.3 Å². The molecular formula is C62H38N2. The Labute approximate surface area is 371 Å². The van der Waals surface area contributed by atoms with Crippen LogP contribution in [0.5, 0.6) is 0 Å². The Balaban J connectivity index is 0.940. The number of para-hydroxylation sites is 2. The molecule has 0 atom stereocenters. The van der Waals surface area contributed by atoms with Crippen LogP contribution < -0.4 is 0 Å². The average Bonchev–Trinajstić information content (AvgIpc) is 3.98. The van der Waals surface area contributed by atoms with Crippen LogP contribution >= 0.6 is 0 Å². The molecule has 0 aliphatic heterocycles. The smallest absolute Gasteiger partial charge is 0.0788 e. The van der Waals surface area contributed by atoms with Crippen molar-refractivity contribution in [2.45, 2.75) is 5.41 Å². The minimum absolute atomic E-state index is 0.365. The lowest BCUT2D eigenvalue weighted by atomic mass is 9.70. The fraction of sp³-hybridized carbons (Fsp3) is 0.0161. The zero-order valence-corrected chi connectivity index (χ0v) is 34.8. The third kappa shape index (κ3) is 4.77. The van der Waals surface area contributed by atoms with Crippen LogP contribution in [0, 0.1) is 0 Å². The molecule has 2 heteroatoms. The number of hydrogen-bond acceptors (Lipinski definition) is 1. The van der Waals surface area contributed by atoms with Crippen molar-refractivity contribution >= 4 is 43.5 Å². The highest BCUT2D eigenvalue weighted by atomic mass is 15.0. The van der Waals surface area contributed by atoms with Crippen molar-refractivity contribution in [3.63, 3.8) is 0 Å². The molecule has 10 aromatic carbocycles. The predicted octanol–water partition coefficient (Wildman–Crippen LogP) is 15.8. The first-order valence-corrected chi connectivity index (χ1v) is 22.2. The molecular weight excluding hydrogens is 773 g/mol. The molecule has 64 heavy (non-hydrogen) atoms. The minimum atomic E-state index is -0.365. The van der Waals surface area contributed by atoms with Gasteiger partial charge in [0.2, 0.25) is 0 Å². The van der Waals surface area contributed by atoms with Crippen LogP contribution in [0.3, 0.4) is 0 Å². The van der Waals surface area contributed by atoms with Gasteiger partial charge in [-0.05, 0) is 109 Å². The maximum atomic E-state index is 5.41.